The van der Waals surface area contributed by atoms with Crippen LogP contribution in [0.3, 0.4) is 0 Å². The molecule has 5 nitrogen and oxygen atoms in total. The third-order valence-corrected chi connectivity index (χ3v) is 4.68. The molecule has 0 radical (unpaired) electrons. The highest BCUT2D eigenvalue weighted by Crippen LogP contribution is 2.24. The van der Waals surface area contributed by atoms with Crippen molar-refractivity contribution in [2.75, 3.05) is 25.0 Å². The molecule has 0 bridgehead atoms. The number of nitrogens with one attached hydrogen (secondary N) is 1. The lowest BCUT2D eigenvalue weighted by atomic mass is 10.0. The average molecular weight is 293 g/mol. The third-order valence-electron chi connectivity index (χ3n) is 3.85. The predicted octanol–water partition coefficient (Wildman–Crippen LogP) is 1.65. The molecule has 1 amide bonds. The summed E-state index contributed by atoms with van der Waals surface area (Å²) in [7, 11) is 0. The molecule has 1 aliphatic rings. The smallest absolute Gasteiger partial charge is 0.226 e. The minimum absolute atomic E-state index is 0.0832. The number of hydrogen-bond acceptors (Lipinski definition) is 5. The Balaban J connectivity index is 1.83. The molecular formula is C14H19N3O2S. The molecule has 0 aromatic carbocycles. The Hall–Kier alpha value is -1.42. The van der Waals surface area contributed by atoms with Crippen LogP contribution in [0.2, 0.25) is 0 Å². The van der Waals surface area contributed by atoms with Crippen LogP contribution in [0.25, 0.3) is 0 Å². The van der Waals surface area contributed by atoms with Gasteiger partial charge in [0.2, 0.25) is 5.91 Å². The van der Waals surface area contributed by atoms with Crippen LogP contribution in [0.5, 0.6) is 0 Å². The maximum absolute atomic E-state index is 11.9. The van der Waals surface area contributed by atoms with E-state index >= 15 is 0 Å². The molecule has 2 atom stereocenters. The average Bonchev–Trinajstić information content (AvgIpc) is 3.02. The highest BCUT2D eigenvalue weighted by Gasteiger charge is 2.30. The van der Waals surface area contributed by atoms with E-state index < -0.39 is 0 Å². The molecule has 1 aliphatic heterocycles. The fraction of sp³-hybridized carbons (Fsp3) is 0.571. The summed E-state index contributed by atoms with van der Waals surface area (Å²) in [4.78, 5) is 14.1. The van der Waals surface area contributed by atoms with Crippen molar-refractivity contribution >= 4 is 22.2 Å². The van der Waals surface area contributed by atoms with Crippen molar-refractivity contribution in [3.05, 3.63) is 17.0 Å². The first-order chi connectivity index (χ1) is 9.65. The van der Waals surface area contributed by atoms with Gasteiger partial charge < -0.3 is 10.4 Å². The molecule has 2 heterocycles. The van der Waals surface area contributed by atoms with E-state index in [2.05, 4.69) is 23.2 Å². The number of carbonyl (C=O) groups is 1. The Bertz CT molecular complexity index is 509. The van der Waals surface area contributed by atoms with E-state index in [1.54, 1.807) is 11.4 Å². The van der Waals surface area contributed by atoms with E-state index in [1.807, 2.05) is 0 Å². The van der Waals surface area contributed by atoms with Crippen molar-refractivity contribution in [3.8, 4) is 6.07 Å². The molecule has 6 heteroatoms. The number of anilines is 1. The van der Waals surface area contributed by atoms with E-state index in [0.29, 0.717) is 29.4 Å². The molecule has 2 N–H and O–H groups in total. The van der Waals surface area contributed by atoms with Crippen molar-refractivity contribution < 1.29 is 9.90 Å². The Labute approximate surface area is 122 Å². The van der Waals surface area contributed by atoms with Crippen LogP contribution in [-0.4, -0.2) is 41.7 Å². The number of carbonyl (C=O) groups excluding carboxylic acids is 1. The van der Waals surface area contributed by atoms with E-state index in [-0.39, 0.29) is 18.6 Å². The second-order valence-corrected chi connectivity index (χ2v) is 6.04. The lowest BCUT2D eigenvalue weighted by Crippen LogP contribution is -2.37. The van der Waals surface area contributed by atoms with Gasteiger partial charge in [-0.05, 0) is 30.3 Å². The van der Waals surface area contributed by atoms with Crippen molar-refractivity contribution in [1.82, 2.24) is 4.90 Å². The molecule has 1 aromatic heterocycles. The fourth-order valence-electron chi connectivity index (χ4n) is 2.59. The summed E-state index contributed by atoms with van der Waals surface area (Å²) < 4.78 is 0. The molecule has 0 aliphatic carbocycles. The predicted molar refractivity (Wildman–Crippen MR) is 78.5 cm³/mol. The molecule has 2 unspecified atom stereocenters. The molecule has 1 aromatic rings. The van der Waals surface area contributed by atoms with E-state index in [4.69, 9.17) is 5.26 Å². The first kappa shape index (κ1) is 15.0. The van der Waals surface area contributed by atoms with Gasteiger partial charge in [-0.1, -0.05) is 6.92 Å². The monoisotopic (exact) mass is 293 g/mol. The quantitative estimate of drug-likeness (QED) is 0.865. The number of aliphatic hydroxyl groups is 1. The summed E-state index contributed by atoms with van der Waals surface area (Å²) in [5.74, 6) is 0.394. The minimum Gasteiger partial charge on any atom is -0.395 e. The highest BCUT2D eigenvalue weighted by molar-refractivity contribution is 7.14. The van der Waals surface area contributed by atoms with Crippen LogP contribution < -0.4 is 5.32 Å². The molecule has 2 rings (SSSR count). The van der Waals surface area contributed by atoms with Gasteiger partial charge >= 0.3 is 0 Å². The van der Waals surface area contributed by atoms with Crippen LogP contribution in [0, 0.1) is 17.2 Å². The lowest BCUT2D eigenvalue weighted by molar-refractivity contribution is -0.116. The SMILES string of the molecule is CC1CCN(CCC(=O)Nc2sccc2C#N)C1CO. The number of aliphatic hydroxyl groups excluding tert-OH is 1. The Morgan fingerprint density at radius 1 is 1.70 bits per heavy atom. The normalized spacial score (nSPS) is 22.6. The maximum Gasteiger partial charge on any atom is 0.226 e. The van der Waals surface area contributed by atoms with Crippen molar-refractivity contribution in [3.63, 3.8) is 0 Å². The molecule has 0 spiro atoms. The van der Waals surface area contributed by atoms with Crippen LogP contribution in [-0.2, 0) is 4.79 Å². The summed E-state index contributed by atoms with van der Waals surface area (Å²) >= 11 is 1.36. The van der Waals surface area contributed by atoms with Gasteiger partial charge in [0, 0.05) is 19.0 Å². The minimum atomic E-state index is -0.0832. The molecular weight excluding hydrogens is 274 g/mol. The second-order valence-electron chi connectivity index (χ2n) is 5.13. The van der Waals surface area contributed by atoms with E-state index in [0.717, 1.165) is 13.0 Å². The van der Waals surface area contributed by atoms with Crippen molar-refractivity contribution in [1.29, 1.82) is 5.26 Å². The Morgan fingerprint density at radius 2 is 2.50 bits per heavy atom. The van der Waals surface area contributed by atoms with Crippen molar-refractivity contribution in [2.45, 2.75) is 25.8 Å². The topological polar surface area (TPSA) is 76.4 Å². The van der Waals surface area contributed by atoms with Gasteiger partial charge in [-0.15, -0.1) is 11.3 Å². The highest BCUT2D eigenvalue weighted by atomic mass is 32.1. The zero-order valence-electron chi connectivity index (χ0n) is 11.5. The van der Waals surface area contributed by atoms with Gasteiger partial charge in [-0.25, -0.2) is 0 Å². The third kappa shape index (κ3) is 3.37. The number of rotatable bonds is 5. The van der Waals surface area contributed by atoms with Gasteiger partial charge in [0.25, 0.3) is 0 Å². The molecule has 20 heavy (non-hydrogen) atoms. The summed E-state index contributed by atoms with van der Waals surface area (Å²) in [6.07, 6.45) is 1.45. The molecule has 0 saturated carbocycles. The summed E-state index contributed by atoms with van der Waals surface area (Å²) in [6.45, 7) is 3.86. The standard InChI is InChI=1S/C14H19N3O2S/c1-10-2-5-17(12(10)9-18)6-3-13(19)16-14-11(8-15)4-7-20-14/h4,7,10,12,18H,2-3,5-6,9H2,1H3,(H,16,19). The summed E-state index contributed by atoms with van der Waals surface area (Å²) in [5.41, 5.74) is 0.506. The number of likely N-dealkylation sites (tertiary alicyclic amines) is 1. The summed E-state index contributed by atoms with van der Waals surface area (Å²) in [6, 6.07) is 3.92. The zero-order valence-corrected chi connectivity index (χ0v) is 12.3. The van der Waals surface area contributed by atoms with Gasteiger partial charge in [0.1, 0.15) is 11.1 Å². The molecule has 108 valence electrons. The van der Waals surface area contributed by atoms with E-state index in [1.165, 1.54) is 11.3 Å². The lowest BCUT2D eigenvalue weighted by Gasteiger charge is -2.24. The largest absolute Gasteiger partial charge is 0.395 e. The van der Waals surface area contributed by atoms with Crippen LogP contribution in [0.1, 0.15) is 25.3 Å². The number of hydrogen-bond donors (Lipinski definition) is 2. The van der Waals surface area contributed by atoms with Gasteiger partial charge in [-0.3, -0.25) is 9.69 Å². The first-order valence-electron chi connectivity index (χ1n) is 6.78. The van der Waals surface area contributed by atoms with E-state index in [9.17, 15) is 9.90 Å². The zero-order chi connectivity index (χ0) is 14.5. The van der Waals surface area contributed by atoms with Gasteiger partial charge in [-0.2, -0.15) is 5.26 Å². The maximum atomic E-state index is 11.9. The Morgan fingerprint density at radius 3 is 3.20 bits per heavy atom. The second kappa shape index (κ2) is 6.84. The van der Waals surface area contributed by atoms with Gasteiger partial charge in [0.15, 0.2) is 0 Å². The number of nitriles is 1. The summed E-state index contributed by atoms with van der Waals surface area (Å²) in [5, 5.41) is 23.4. The van der Waals surface area contributed by atoms with Crippen LogP contribution in [0.15, 0.2) is 11.4 Å². The number of thiophene rings is 1. The Kier molecular flexibility index (Phi) is 5.12. The fourth-order valence-corrected chi connectivity index (χ4v) is 3.34. The van der Waals surface area contributed by atoms with Crippen LogP contribution >= 0.6 is 11.3 Å². The number of amides is 1. The van der Waals surface area contributed by atoms with Crippen LogP contribution in [0.4, 0.5) is 5.00 Å². The molecule has 1 fully saturated rings. The number of nitrogens with zero attached hydrogens (tertiary/aromatic N) is 2. The van der Waals surface area contributed by atoms with Gasteiger partial charge in [0.05, 0.1) is 12.2 Å². The van der Waals surface area contributed by atoms with Crippen molar-refractivity contribution in [2.24, 2.45) is 5.92 Å². The first-order valence-corrected chi connectivity index (χ1v) is 7.66. The molecule has 1 saturated heterocycles.